The first-order valence-electron chi connectivity index (χ1n) is 7.96. The van der Waals surface area contributed by atoms with Gasteiger partial charge in [-0.05, 0) is 24.6 Å². The molecule has 6 heteroatoms. The van der Waals surface area contributed by atoms with Crippen LogP contribution in [0, 0.1) is 6.92 Å². The number of benzene rings is 1. The van der Waals surface area contributed by atoms with Crippen LogP contribution in [0.15, 0.2) is 41.3 Å². The molecule has 24 heavy (non-hydrogen) atoms. The fourth-order valence-electron chi connectivity index (χ4n) is 3.02. The number of H-pyrrole nitrogens is 1. The van der Waals surface area contributed by atoms with Gasteiger partial charge < -0.3 is 19.5 Å². The maximum Gasteiger partial charge on any atom is 0.255 e. The number of aromatic nitrogens is 1. The van der Waals surface area contributed by atoms with Crippen molar-refractivity contribution in [2.45, 2.75) is 6.92 Å². The highest BCUT2D eigenvalue weighted by molar-refractivity contribution is 5.95. The van der Waals surface area contributed by atoms with Gasteiger partial charge in [0.1, 0.15) is 5.75 Å². The number of nitrogens with one attached hydrogen (secondary N) is 1. The second-order valence-corrected chi connectivity index (χ2v) is 5.85. The third-order valence-corrected chi connectivity index (χ3v) is 4.35. The van der Waals surface area contributed by atoms with E-state index >= 15 is 0 Å². The second-order valence-electron chi connectivity index (χ2n) is 5.85. The summed E-state index contributed by atoms with van der Waals surface area (Å²) in [6.07, 6.45) is 1.51. The number of nitrogens with zero attached hydrogens (tertiary/aromatic N) is 2. The molecule has 1 aromatic carbocycles. The Morgan fingerprint density at radius 3 is 2.54 bits per heavy atom. The molecule has 1 fully saturated rings. The van der Waals surface area contributed by atoms with Gasteiger partial charge >= 0.3 is 0 Å². The molecule has 0 saturated carbocycles. The van der Waals surface area contributed by atoms with E-state index in [9.17, 15) is 9.59 Å². The highest BCUT2D eigenvalue weighted by Gasteiger charge is 2.24. The summed E-state index contributed by atoms with van der Waals surface area (Å²) in [5, 5.41) is 0. The summed E-state index contributed by atoms with van der Waals surface area (Å²) in [4.78, 5) is 30.6. The predicted octanol–water partition coefficient (Wildman–Crippen LogP) is 1.65. The Hall–Kier alpha value is -2.76. The standard InChI is InChI=1S/C18H21N3O3/c1-13-11-17(22)19-12-14(13)18(23)21-9-7-20(8-10-21)15-5-3-4-6-16(15)24-2/h3-6,11-12H,7-10H2,1-2H3,(H,19,22). The smallest absolute Gasteiger partial charge is 0.255 e. The molecule has 0 bridgehead atoms. The maximum atomic E-state index is 12.7. The van der Waals surface area contributed by atoms with E-state index in [0.29, 0.717) is 24.2 Å². The molecule has 0 spiro atoms. The molecule has 2 heterocycles. The third kappa shape index (κ3) is 3.13. The van der Waals surface area contributed by atoms with Gasteiger partial charge in [0.05, 0.1) is 18.4 Å². The predicted molar refractivity (Wildman–Crippen MR) is 92.9 cm³/mol. The summed E-state index contributed by atoms with van der Waals surface area (Å²) in [7, 11) is 1.66. The van der Waals surface area contributed by atoms with E-state index in [0.717, 1.165) is 24.5 Å². The molecule has 1 aliphatic rings. The van der Waals surface area contributed by atoms with E-state index in [2.05, 4.69) is 9.88 Å². The van der Waals surface area contributed by atoms with Crippen molar-refractivity contribution in [3.63, 3.8) is 0 Å². The molecular weight excluding hydrogens is 306 g/mol. The average Bonchev–Trinajstić information content (AvgIpc) is 2.61. The van der Waals surface area contributed by atoms with Crippen LogP contribution in [-0.2, 0) is 0 Å². The molecule has 0 radical (unpaired) electrons. The minimum atomic E-state index is -0.190. The van der Waals surface area contributed by atoms with Crippen molar-refractivity contribution in [1.29, 1.82) is 0 Å². The minimum Gasteiger partial charge on any atom is -0.495 e. The first-order valence-corrected chi connectivity index (χ1v) is 7.96. The zero-order valence-electron chi connectivity index (χ0n) is 13.9. The molecule has 0 aliphatic carbocycles. The Balaban J connectivity index is 1.70. The number of amides is 1. The van der Waals surface area contributed by atoms with Gasteiger partial charge in [0.15, 0.2) is 0 Å². The average molecular weight is 327 g/mol. The Labute approximate surface area is 140 Å². The van der Waals surface area contributed by atoms with Crippen LogP contribution in [0.2, 0.25) is 0 Å². The van der Waals surface area contributed by atoms with Gasteiger partial charge in [0, 0.05) is 38.4 Å². The van der Waals surface area contributed by atoms with Gasteiger partial charge in [-0.1, -0.05) is 12.1 Å². The zero-order chi connectivity index (χ0) is 17.1. The summed E-state index contributed by atoms with van der Waals surface area (Å²) in [6.45, 7) is 4.54. The molecule has 1 amide bonds. The van der Waals surface area contributed by atoms with Gasteiger partial charge in [-0.2, -0.15) is 0 Å². The number of carbonyl (C=O) groups is 1. The van der Waals surface area contributed by atoms with E-state index in [-0.39, 0.29) is 11.5 Å². The van der Waals surface area contributed by atoms with Gasteiger partial charge in [-0.3, -0.25) is 9.59 Å². The van der Waals surface area contributed by atoms with Crippen LogP contribution in [0.4, 0.5) is 5.69 Å². The normalized spacial score (nSPS) is 14.6. The Morgan fingerprint density at radius 1 is 1.17 bits per heavy atom. The molecule has 2 aromatic rings. The lowest BCUT2D eigenvalue weighted by Gasteiger charge is -2.36. The Kier molecular flexibility index (Phi) is 4.55. The summed E-state index contributed by atoms with van der Waals surface area (Å²) in [5.74, 6) is 0.803. The molecule has 3 rings (SSSR count). The monoisotopic (exact) mass is 327 g/mol. The number of aromatic amines is 1. The van der Waals surface area contributed by atoms with Crippen molar-refractivity contribution in [1.82, 2.24) is 9.88 Å². The molecule has 0 unspecified atom stereocenters. The van der Waals surface area contributed by atoms with Gasteiger partial charge in [0.2, 0.25) is 5.56 Å². The van der Waals surface area contributed by atoms with Crippen molar-refractivity contribution in [3.05, 3.63) is 58.0 Å². The number of rotatable bonds is 3. The number of aryl methyl sites for hydroxylation is 1. The second kappa shape index (κ2) is 6.78. The minimum absolute atomic E-state index is 0.0385. The molecule has 0 atom stereocenters. The van der Waals surface area contributed by atoms with Crippen molar-refractivity contribution in [2.24, 2.45) is 0 Å². The summed E-state index contributed by atoms with van der Waals surface area (Å²) in [5.41, 5.74) is 2.12. The number of methoxy groups -OCH3 is 1. The van der Waals surface area contributed by atoms with Crippen molar-refractivity contribution in [3.8, 4) is 5.75 Å². The van der Waals surface area contributed by atoms with E-state index in [1.165, 1.54) is 12.3 Å². The molecule has 1 saturated heterocycles. The topological polar surface area (TPSA) is 65.6 Å². The van der Waals surface area contributed by atoms with Crippen LogP contribution in [0.1, 0.15) is 15.9 Å². The third-order valence-electron chi connectivity index (χ3n) is 4.35. The van der Waals surface area contributed by atoms with Gasteiger partial charge in [-0.15, -0.1) is 0 Å². The maximum absolute atomic E-state index is 12.7. The number of pyridine rings is 1. The summed E-state index contributed by atoms with van der Waals surface area (Å²) in [6, 6.07) is 9.36. The van der Waals surface area contributed by atoms with E-state index in [4.69, 9.17) is 4.74 Å². The van der Waals surface area contributed by atoms with Crippen LogP contribution in [0.5, 0.6) is 5.75 Å². The number of hydrogen-bond acceptors (Lipinski definition) is 4. The molecule has 1 aliphatic heterocycles. The van der Waals surface area contributed by atoms with E-state index in [1.807, 2.05) is 29.2 Å². The number of hydrogen-bond donors (Lipinski definition) is 1. The summed E-state index contributed by atoms with van der Waals surface area (Å²) >= 11 is 0. The van der Waals surface area contributed by atoms with Crippen molar-refractivity contribution >= 4 is 11.6 Å². The zero-order valence-corrected chi connectivity index (χ0v) is 13.9. The number of para-hydroxylation sites is 2. The summed E-state index contributed by atoms with van der Waals surface area (Å²) < 4.78 is 5.41. The number of piperazine rings is 1. The largest absolute Gasteiger partial charge is 0.495 e. The van der Waals surface area contributed by atoms with Crippen LogP contribution in [0.25, 0.3) is 0 Å². The molecular formula is C18H21N3O3. The van der Waals surface area contributed by atoms with E-state index < -0.39 is 0 Å². The highest BCUT2D eigenvalue weighted by Crippen LogP contribution is 2.28. The van der Waals surface area contributed by atoms with Crippen molar-refractivity contribution in [2.75, 3.05) is 38.2 Å². The fourth-order valence-corrected chi connectivity index (χ4v) is 3.02. The van der Waals surface area contributed by atoms with Crippen LogP contribution in [0.3, 0.4) is 0 Å². The molecule has 6 nitrogen and oxygen atoms in total. The molecule has 126 valence electrons. The number of ether oxygens (including phenoxy) is 1. The number of anilines is 1. The lowest BCUT2D eigenvalue weighted by Crippen LogP contribution is -2.49. The molecule has 1 aromatic heterocycles. The highest BCUT2D eigenvalue weighted by atomic mass is 16.5. The van der Waals surface area contributed by atoms with Gasteiger partial charge in [0.25, 0.3) is 5.91 Å². The van der Waals surface area contributed by atoms with Crippen LogP contribution >= 0.6 is 0 Å². The van der Waals surface area contributed by atoms with Gasteiger partial charge in [-0.25, -0.2) is 0 Å². The lowest BCUT2D eigenvalue weighted by atomic mass is 10.1. The van der Waals surface area contributed by atoms with Crippen molar-refractivity contribution < 1.29 is 9.53 Å². The van der Waals surface area contributed by atoms with Crippen LogP contribution in [-0.4, -0.2) is 49.1 Å². The van der Waals surface area contributed by atoms with Crippen LogP contribution < -0.4 is 15.2 Å². The molecule has 1 N–H and O–H groups in total. The first-order chi connectivity index (χ1) is 11.6. The fraction of sp³-hybridized carbons (Fsp3) is 0.333. The number of carbonyl (C=O) groups excluding carboxylic acids is 1. The quantitative estimate of drug-likeness (QED) is 0.931. The SMILES string of the molecule is COc1ccccc1N1CCN(C(=O)c2c[nH]c(=O)cc2C)CC1. The Bertz CT molecular complexity index is 792. The van der Waals surface area contributed by atoms with E-state index in [1.54, 1.807) is 14.0 Å². The first kappa shape index (κ1) is 16.1. The lowest BCUT2D eigenvalue weighted by molar-refractivity contribution is 0.0745. The Morgan fingerprint density at radius 2 is 1.88 bits per heavy atom.